The van der Waals surface area contributed by atoms with Crippen molar-refractivity contribution in [2.24, 2.45) is 0 Å². The first-order valence-electron chi connectivity index (χ1n) is 30.3. The molecule has 6 atom stereocenters. The monoisotopic (exact) mass is 1060 g/mol. The third-order valence-corrected chi connectivity index (χ3v) is 13.6. The van der Waals surface area contributed by atoms with Gasteiger partial charge in [-0.25, -0.2) is 4.79 Å². The van der Waals surface area contributed by atoms with Crippen molar-refractivity contribution in [2.75, 3.05) is 13.2 Å². The molecule has 0 radical (unpaired) electrons. The number of carbonyl (C=O) groups excluding carboxylic acids is 3. The Morgan fingerprint density at radius 1 is 0.453 bits per heavy atom. The van der Waals surface area contributed by atoms with Gasteiger partial charge in [0.15, 0.2) is 24.6 Å². The zero-order valence-corrected chi connectivity index (χ0v) is 47.5. The fraction of sp³-hybridized carbons (Fsp3) is 0.778. The van der Waals surface area contributed by atoms with Crippen LogP contribution in [0.5, 0.6) is 0 Å². The number of ether oxygens (including phenoxy) is 5. The fourth-order valence-corrected chi connectivity index (χ4v) is 8.94. The van der Waals surface area contributed by atoms with Gasteiger partial charge in [-0.05, 0) is 83.5 Å². The molecule has 0 aromatic heterocycles. The molecule has 0 aromatic carbocycles. The summed E-state index contributed by atoms with van der Waals surface area (Å²) >= 11 is 0. The molecule has 0 saturated carbocycles. The van der Waals surface area contributed by atoms with E-state index in [0.717, 1.165) is 122 Å². The number of hydrogen-bond acceptors (Lipinski definition) is 11. The van der Waals surface area contributed by atoms with Crippen molar-refractivity contribution in [2.45, 2.75) is 302 Å². The van der Waals surface area contributed by atoms with Gasteiger partial charge in [-0.1, -0.05) is 223 Å². The van der Waals surface area contributed by atoms with Crippen LogP contribution in [0.25, 0.3) is 0 Å². The number of aliphatic carboxylic acids is 1. The predicted molar refractivity (Wildman–Crippen MR) is 303 cm³/mol. The number of esters is 3. The molecule has 0 amide bonds. The Morgan fingerprint density at radius 3 is 1.31 bits per heavy atom. The topological polar surface area (TPSA) is 175 Å². The van der Waals surface area contributed by atoms with Crippen molar-refractivity contribution >= 4 is 23.9 Å². The first kappa shape index (κ1) is 69.4. The van der Waals surface area contributed by atoms with Gasteiger partial charge in [0, 0.05) is 19.3 Å². The Labute approximate surface area is 456 Å². The average molecular weight is 1060 g/mol. The van der Waals surface area contributed by atoms with Gasteiger partial charge in [-0.3, -0.25) is 14.4 Å². The molecule has 0 spiro atoms. The largest absolute Gasteiger partial charge is 0.479 e. The molecule has 6 unspecified atom stereocenters. The average Bonchev–Trinajstić information content (AvgIpc) is 3.39. The number of aliphatic hydroxyl groups excluding tert-OH is 2. The van der Waals surface area contributed by atoms with Crippen LogP contribution in [0.4, 0.5) is 0 Å². The van der Waals surface area contributed by atoms with E-state index in [0.29, 0.717) is 19.3 Å². The molecule has 1 rings (SSSR count). The van der Waals surface area contributed by atoms with Crippen LogP contribution in [0, 0.1) is 0 Å². The summed E-state index contributed by atoms with van der Waals surface area (Å²) in [6.07, 6.45) is 50.6. The molecule has 12 nitrogen and oxygen atoms in total. The standard InChI is InChI=1S/C63H108O12/c1-4-7-10-13-16-19-21-23-25-27-28-30-31-33-35-38-40-43-46-49-55(64)71-52-54(73-56(65)50-47-44-42-39-36-34-32-29-26-24-22-20-17-14-11-8-5-2)53-72-63-61(59(68)58(67)60(75-63)62(69)70)74-57(66)51-48-45-41-37-18-15-12-9-6-3/h8,11,16-17,19-20,23-26,54,58-61,63,67-68H,4-7,9-10,12-15,18,21-22,27-53H2,1-3H3,(H,69,70)/b11-8-,19-16-,20-17-,25-23-,26-24-. The summed E-state index contributed by atoms with van der Waals surface area (Å²) < 4.78 is 28.4. The number of aliphatic hydroxyl groups is 2. The molecule has 3 N–H and O–H groups in total. The van der Waals surface area contributed by atoms with E-state index in [1.54, 1.807) is 0 Å². The highest BCUT2D eigenvalue weighted by Crippen LogP contribution is 2.26. The molecular weight excluding hydrogens is 949 g/mol. The molecule has 0 aromatic rings. The third-order valence-electron chi connectivity index (χ3n) is 13.6. The van der Waals surface area contributed by atoms with Crippen LogP contribution < -0.4 is 0 Å². The SMILES string of the molecule is CC/C=C\C/C=C\C/C=C\CCCCCCCCCC(=O)OC(COC(=O)CCCCCCCCCCC/C=C\C/C=C\CCCCC)COC1OC(C(=O)O)C(O)C(O)C1OC(=O)CCCCCCCCCCC. The van der Waals surface area contributed by atoms with Gasteiger partial charge in [-0.2, -0.15) is 0 Å². The molecule has 1 heterocycles. The van der Waals surface area contributed by atoms with Crippen LogP contribution in [0.15, 0.2) is 60.8 Å². The van der Waals surface area contributed by atoms with Crippen LogP contribution in [0.1, 0.15) is 265 Å². The van der Waals surface area contributed by atoms with Gasteiger partial charge < -0.3 is 39.0 Å². The van der Waals surface area contributed by atoms with Crippen LogP contribution in [-0.4, -0.2) is 89.2 Å². The lowest BCUT2D eigenvalue weighted by molar-refractivity contribution is -0.301. The predicted octanol–water partition coefficient (Wildman–Crippen LogP) is 15.6. The second-order valence-electron chi connectivity index (χ2n) is 20.6. The minimum Gasteiger partial charge on any atom is -0.479 e. The number of hydrogen-bond donors (Lipinski definition) is 3. The van der Waals surface area contributed by atoms with Crippen molar-refractivity contribution in [3.63, 3.8) is 0 Å². The second kappa shape index (κ2) is 51.2. The Hall–Kier alpha value is -3.58. The molecule has 12 heteroatoms. The normalized spacial score (nSPS) is 18.5. The van der Waals surface area contributed by atoms with Gasteiger partial charge in [0.1, 0.15) is 18.8 Å². The Morgan fingerprint density at radius 2 is 0.840 bits per heavy atom. The summed E-state index contributed by atoms with van der Waals surface area (Å²) in [5.41, 5.74) is 0. The molecule has 1 fully saturated rings. The highest BCUT2D eigenvalue weighted by molar-refractivity contribution is 5.74. The minimum atomic E-state index is -1.90. The number of carboxylic acid groups (broad SMARTS) is 1. The molecule has 0 aliphatic carbocycles. The number of carboxylic acids is 1. The summed E-state index contributed by atoms with van der Waals surface area (Å²) in [4.78, 5) is 51.1. The Kier molecular flexibility index (Phi) is 47.4. The zero-order valence-electron chi connectivity index (χ0n) is 47.5. The Bertz CT molecular complexity index is 1540. The van der Waals surface area contributed by atoms with Gasteiger partial charge in [0.2, 0.25) is 0 Å². The molecule has 75 heavy (non-hydrogen) atoms. The van der Waals surface area contributed by atoms with E-state index in [2.05, 4.69) is 81.5 Å². The highest BCUT2D eigenvalue weighted by atomic mass is 16.7. The second-order valence-corrected chi connectivity index (χ2v) is 20.6. The zero-order chi connectivity index (χ0) is 54.7. The first-order chi connectivity index (χ1) is 36.6. The van der Waals surface area contributed by atoms with Crippen molar-refractivity contribution < 1.29 is 58.2 Å². The van der Waals surface area contributed by atoms with E-state index in [4.69, 9.17) is 23.7 Å². The first-order valence-corrected chi connectivity index (χ1v) is 30.3. The number of rotatable bonds is 51. The van der Waals surface area contributed by atoms with E-state index in [1.807, 2.05) is 0 Å². The van der Waals surface area contributed by atoms with Gasteiger partial charge >= 0.3 is 23.9 Å². The molecule has 1 saturated heterocycles. The fourth-order valence-electron chi connectivity index (χ4n) is 8.94. The lowest BCUT2D eigenvalue weighted by atomic mass is 9.98. The minimum absolute atomic E-state index is 0.0599. The quantitative estimate of drug-likeness (QED) is 0.0228. The van der Waals surface area contributed by atoms with Crippen molar-refractivity contribution in [1.82, 2.24) is 0 Å². The lowest BCUT2D eigenvalue weighted by Gasteiger charge is -2.40. The van der Waals surface area contributed by atoms with Gasteiger partial charge in [0.25, 0.3) is 0 Å². The van der Waals surface area contributed by atoms with Crippen molar-refractivity contribution in [1.29, 1.82) is 0 Å². The van der Waals surface area contributed by atoms with E-state index < -0.39 is 67.3 Å². The Balaban J connectivity index is 2.65. The van der Waals surface area contributed by atoms with Crippen molar-refractivity contribution in [3.8, 4) is 0 Å². The molecular formula is C63H108O12. The maximum absolute atomic E-state index is 13.2. The van der Waals surface area contributed by atoms with E-state index in [9.17, 15) is 34.5 Å². The number of carbonyl (C=O) groups is 4. The molecule has 1 aliphatic heterocycles. The maximum atomic E-state index is 13.2. The summed E-state index contributed by atoms with van der Waals surface area (Å²) in [5, 5.41) is 31.4. The molecule has 432 valence electrons. The molecule has 0 bridgehead atoms. The highest BCUT2D eigenvalue weighted by Gasteiger charge is 2.50. The lowest BCUT2D eigenvalue weighted by Crippen LogP contribution is -2.61. The van der Waals surface area contributed by atoms with Gasteiger partial charge in [0.05, 0.1) is 6.61 Å². The van der Waals surface area contributed by atoms with Crippen LogP contribution in [0.2, 0.25) is 0 Å². The summed E-state index contributed by atoms with van der Waals surface area (Å²) in [5.74, 6) is -3.13. The number of unbranched alkanes of at least 4 members (excludes halogenated alkanes) is 27. The smallest absolute Gasteiger partial charge is 0.335 e. The van der Waals surface area contributed by atoms with Crippen LogP contribution >= 0.6 is 0 Å². The van der Waals surface area contributed by atoms with E-state index >= 15 is 0 Å². The summed E-state index contributed by atoms with van der Waals surface area (Å²) in [6.45, 7) is 5.83. The van der Waals surface area contributed by atoms with Gasteiger partial charge in [-0.15, -0.1) is 0 Å². The summed E-state index contributed by atoms with van der Waals surface area (Å²) in [6, 6.07) is 0. The molecule has 1 aliphatic rings. The third kappa shape index (κ3) is 41.2. The van der Waals surface area contributed by atoms with Crippen molar-refractivity contribution in [3.05, 3.63) is 60.8 Å². The maximum Gasteiger partial charge on any atom is 0.335 e. The van der Waals surface area contributed by atoms with E-state index in [1.165, 1.54) is 83.5 Å². The summed E-state index contributed by atoms with van der Waals surface area (Å²) in [7, 11) is 0. The number of allylic oxidation sites excluding steroid dienone is 10. The van der Waals surface area contributed by atoms with Crippen LogP contribution in [-0.2, 0) is 42.9 Å². The van der Waals surface area contributed by atoms with E-state index in [-0.39, 0.29) is 25.9 Å². The van der Waals surface area contributed by atoms with Crippen LogP contribution in [0.3, 0.4) is 0 Å².